The number of carbonyl (C=O) groups is 3. The normalized spacial score (nSPS) is 18.7. The summed E-state index contributed by atoms with van der Waals surface area (Å²) in [5, 5.41) is 42.0. The monoisotopic (exact) mass is 1560 g/mol. The van der Waals surface area contributed by atoms with Crippen LogP contribution in [0, 0.1) is 11.6 Å². The fourth-order valence-electron chi connectivity index (χ4n) is 16.6. The Labute approximate surface area is 664 Å². The summed E-state index contributed by atoms with van der Waals surface area (Å²) in [5.41, 5.74) is 15.2. The maximum Gasteiger partial charge on any atom is 0.254 e. The van der Waals surface area contributed by atoms with Gasteiger partial charge < -0.3 is 71.4 Å². The Hall–Kier alpha value is -11.9. The Balaban J connectivity index is 0.000000130. The van der Waals surface area contributed by atoms with Gasteiger partial charge in [-0.15, -0.1) is 0 Å². The molecule has 12 aromatic rings. The van der Waals surface area contributed by atoms with Crippen LogP contribution in [0.25, 0.3) is 50.7 Å². The number of amides is 3. The Bertz CT molecular complexity index is 5480. The van der Waals surface area contributed by atoms with Crippen molar-refractivity contribution in [3.63, 3.8) is 0 Å². The lowest BCUT2D eigenvalue weighted by atomic mass is 9.76. The molecule has 6 aliphatic rings. The molecule has 1 unspecified atom stereocenters. The van der Waals surface area contributed by atoms with E-state index in [1.807, 2.05) is 147 Å². The van der Waals surface area contributed by atoms with Gasteiger partial charge in [-0.05, 0) is 185 Å². The highest BCUT2D eigenvalue weighted by Crippen LogP contribution is 2.43. The molecule has 29 heteroatoms. The minimum Gasteiger partial charge on any atom is -0.386 e. The summed E-state index contributed by atoms with van der Waals surface area (Å²) in [5.74, 6) is 1.22. The molecule has 0 aliphatic carbocycles. The van der Waals surface area contributed by atoms with E-state index in [4.69, 9.17) is 9.72 Å². The molecule has 3 aromatic carbocycles. The molecule has 0 spiro atoms. The van der Waals surface area contributed by atoms with Crippen LogP contribution in [0.15, 0.2) is 159 Å². The molecular formula is C86H95F2N21O6. The lowest BCUT2D eigenvalue weighted by Gasteiger charge is -2.52. The number of nitrogens with one attached hydrogen (secondary N) is 6. The topological polar surface area (TPSA) is 293 Å². The second-order valence-corrected chi connectivity index (χ2v) is 32.2. The zero-order chi connectivity index (χ0) is 80.4. The summed E-state index contributed by atoms with van der Waals surface area (Å²) in [4.78, 5) is 80.8. The van der Waals surface area contributed by atoms with Crippen LogP contribution in [0.5, 0.6) is 0 Å². The van der Waals surface area contributed by atoms with Gasteiger partial charge in [0.25, 0.3) is 17.7 Å². The van der Waals surface area contributed by atoms with Crippen LogP contribution in [0.2, 0.25) is 0 Å². The van der Waals surface area contributed by atoms with E-state index in [0.29, 0.717) is 89.6 Å². The average Bonchev–Trinajstić information content (AvgIpc) is 0.995. The first-order valence-corrected chi connectivity index (χ1v) is 38.8. The van der Waals surface area contributed by atoms with Crippen LogP contribution in [-0.4, -0.2) is 195 Å². The maximum atomic E-state index is 13.7. The highest BCUT2D eigenvalue weighted by atomic mass is 19.1. The van der Waals surface area contributed by atoms with E-state index in [9.17, 15) is 33.4 Å². The zero-order valence-corrected chi connectivity index (χ0v) is 66.2. The predicted molar refractivity (Wildman–Crippen MR) is 440 cm³/mol. The third-order valence-corrected chi connectivity index (χ3v) is 24.3. The second-order valence-electron chi connectivity index (χ2n) is 32.2. The molecule has 27 nitrogen and oxygen atoms in total. The average molecular weight is 1560 g/mol. The number of β-amino-alcohol motifs (C(OH)–C–C–N with tert-alkyl or cyclic N) is 2. The number of halogens is 2. The van der Waals surface area contributed by atoms with Crippen molar-refractivity contribution in [1.82, 2.24) is 78.7 Å². The van der Waals surface area contributed by atoms with Crippen molar-refractivity contribution >= 4 is 80.6 Å². The summed E-state index contributed by atoms with van der Waals surface area (Å²) in [6.07, 6.45) is 21.8. The van der Waals surface area contributed by atoms with Gasteiger partial charge >= 0.3 is 0 Å². The van der Waals surface area contributed by atoms with E-state index in [-0.39, 0.29) is 40.4 Å². The standard InChI is InChI=1S/2C30H34FN7O2.C26H27N7O2/c2*1-29(2,36(3)4)30(40)11-5-12-37(18-30)20-6-9-25(32-15-20)35-23-8-7-21(22-16-34-28(39)27(22)23)24-17-33-26-14-19(31)10-13-38(24)26;1-32(2)14-21-17(16-7-10-35-15-16)4-6-23(31-21)30-20-5-3-18(19-11-29-26(34)25(19)20)22-12-28-24-13-27-8-9-33(22)24/h2*6-10,13-15,17,40H,5,11-12,16,18H2,1-4H3,(H,32,35)(H,34,39);3-6,8-9,12-13,16H,7,10-11,14-15H2,1-2H3,(H,29,34)(H,30,31)/t2*30-;/m10./s1. The molecule has 3 saturated heterocycles. The van der Waals surface area contributed by atoms with Crippen molar-refractivity contribution < 1.29 is 38.1 Å². The van der Waals surface area contributed by atoms with Crippen molar-refractivity contribution in [3.8, 4) is 33.8 Å². The number of hydrogen-bond acceptors (Lipinski definition) is 21. The Morgan fingerprint density at radius 2 is 0.965 bits per heavy atom. The van der Waals surface area contributed by atoms with E-state index in [1.54, 1.807) is 37.2 Å². The first kappa shape index (κ1) is 77.1. The number of aromatic nitrogens is 10. The summed E-state index contributed by atoms with van der Waals surface area (Å²) in [7, 11) is 12.1. The number of benzene rings is 3. The number of ether oxygens (including phenoxy) is 1. The fraction of sp³-hybridized carbons (Fsp3) is 0.349. The molecule has 594 valence electrons. The van der Waals surface area contributed by atoms with Crippen LogP contribution in [0.1, 0.15) is 125 Å². The lowest BCUT2D eigenvalue weighted by molar-refractivity contribution is -0.0883. The smallest absolute Gasteiger partial charge is 0.254 e. The van der Waals surface area contributed by atoms with Crippen molar-refractivity contribution in [2.75, 3.05) is 107 Å². The number of carbonyl (C=O) groups excluding carboxylic acids is 3. The SMILES string of the molecule is CN(C)C(C)(C)[C@@]1(O)CCCN(c2ccc(Nc3ccc(-c4cnc5cc(F)ccn45)c4c3C(=O)NC4)nc2)C1.CN(C)C(C)(C)[C@]1(O)CCCN(c2ccc(Nc3ccc(-c4cnc5cc(F)ccn45)c4c3C(=O)NC4)nc2)C1.CN(C)Cc1nc(Nc2ccc(-c3cnc4cnccn34)c3c2C(=O)NC3)ccc1C1CCOC1. The maximum absolute atomic E-state index is 13.7. The number of rotatable bonds is 18. The van der Waals surface area contributed by atoms with Gasteiger partial charge in [0.05, 0.1) is 123 Å². The van der Waals surface area contributed by atoms with E-state index >= 15 is 0 Å². The van der Waals surface area contributed by atoms with Gasteiger partial charge in [0.1, 0.15) is 40.4 Å². The number of likely N-dealkylation sites (N-methyl/N-ethyl adjacent to an activating group) is 2. The number of fused-ring (bicyclic) bond motifs is 6. The van der Waals surface area contributed by atoms with Crippen LogP contribution in [-0.2, 0) is 30.9 Å². The van der Waals surface area contributed by atoms with Crippen LogP contribution in [0.4, 0.5) is 54.7 Å². The van der Waals surface area contributed by atoms with E-state index in [2.05, 4.69) is 120 Å². The minimum atomic E-state index is -0.851. The van der Waals surface area contributed by atoms with Gasteiger partial charge in [-0.2, -0.15) is 0 Å². The van der Waals surface area contributed by atoms with Gasteiger partial charge in [0, 0.05) is 130 Å². The second kappa shape index (κ2) is 30.8. The van der Waals surface area contributed by atoms with Crippen molar-refractivity contribution in [2.45, 2.75) is 114 Å². The number of nitrogens with zero attached hydrogens (tertiary/aromatic N) is 15. The van der Waals surface area contributed by atoms with Crippen molar-refractivity contribution in [2.24, 2.45) is 0 Å². The Morgan fingerprint density at radius 1 is 0.530 bits per heavy atom. The largest absolute Gasteiger partial charge is 0.386 e. The van der Waals surface area contributed by atoms with Gasteiger partial charge in [-0.25, -0.2) is 38.7 Å². The number of aliphatic hydroxyl groups is 2. The third kappa shape index (κ3) is 14.7. The quantitative estimate of drug-likeness (QED) is 0.0396. The molecule has 3 fully saturated rings. The number of hydrogen-bond donors (Lipinski definition) is 8. The molecule has 3 atom stereocenters. The molecule has 3 amide bonds. The number of anilines is 8. The van der Waals surface area contributed by atoms with Crippen LogP contribution in [0.3, 0.4) is 0 Å². The molecule has 0 bridgehead atoms. The molecular weight excluding hydrogens is 1460 g/mol. The van der Waals surface area contributed by atoms with Crippen LogP contribution >= 0.6 is 0 Å². The molecule has 8 N–H and O–H groups in total. The van der Waals surface area contributed by atoms with E-state index in [0.717, 1.165) is 150 Å². The summed E-state index contributed by atoms with van der Waals surface area (Å²) in [6.45, 7) is 14.6. The fourth-order valence-corrected chi connectivity index (χ4v) is 16.6. The molecule has 6 aliphatic heterocycles. The number of imidazole rings is 3. The molecule has 0 saturated carbocycles. The molecule has 15 heterocycles. The summed E-state index contributed by atoms with van der Waals surface area (Å²) < 4.78 is 38.6. The first-order chi connectivity index (χ1) is 55.2. The Morgan fingerprint density at radius 3 is 1.38 bits per heavy atom. The highest BCUT2D eigenvalue weighted by molar-refractivity contribution is 6.08. The first-order valence-electron chi connectivity index (χ1n) is 38.8. The zero-order valence-electron chi connectivity index (χ0n) is 66.2. The van der Waals surface area contributed by atoms with Gasteiger partial charge in [-0.3, -0.25) is 32.6 Å². The van der Waals surface area contributed by atoms with E-state index < -0.39 is 11.2 Å². The lowest BCUT2D eigenvalue weighted by Crippen LogP contribution is -2.65. The van der Waals surface area contributed by atoms with Gasteiger partial charge in [-0.1, -0.05) is 24.3 Å². The van der Waals surface area contributed by atoms with Crippen molar-refractivity contribution in [3.05, 3.63) is 215 Å². The molecule has 9 aromatic heterocycles. The summed E-state index contributed by atoms with van der Waals surface area (Å²) in [6, 6.07) is 29.1. The Kier molecular flexibility index (Phi) is 20.7. The van der Waals surface area contributed by atoms with Crippen LogP contribution < -0.4 is 41.7 Å². The molecule has 18 rings (SSSR count). The minimum absolute atomic E-state index is 0.0897. The molecule has 115 heavy (non-hydrogen) atoms. The number of piperidine rings is 2. The van der Waals surface area contributed by atoms with Crippen molar-refractivity contribution in [1.29, 1.82) is 0 Å². The van der Waals surface area contributed by atoms with Gasteiger partial charge in [0.15, 0.2) is 5.65 Å². The summed E-state index contributed by atoms with van der Waals surface area (Å²) >= 11 is 0. The third-order valence-electron chi connectivity index (χ3n) is 24.3. The van der Waals surface area contributed by atoms with E-state index in [1.165, 1.54) is 29.8 Å². The van der Waals surface area contributed by atoms with Gasteiger partial charge in [0.2, 0.25) is 0 Å². The predicted octanol–water partition coefficient (Wildman–Crippen LogP) is 11.7. The highest BCUT2D eigenvalue weighted by Gasteiger charge is 2.49. The number of pyridine rings is 5. The molecule has 0 radical (unpaired) electrons.